The molecule has 0 spiro atoms. The summed E-state index contributed by atoms with van der Waals surface area (Å²) in [5.74, 6) is 3.46. The Morgan fingerprint density at radius 3 is 1.10 bits per heavy atom. The molecule has 0 aromatic heterocycles. The van der Waals surface area contributed by atoms with Crippen molar-refractivity contribution in [2.24, 2.45) is 0 Å². The van der Waals surface area contributed by atoms with Crippen molar-refractivity contribution in [3.8, 4) is 78.6 Å². The Labute approximate surface area is 289 Å². The van der Waals surface area contributed by atoms with Gasteiger partial charge in [-0.25, -0.2) is 0 Å². The third-order valence-electron chi connectivity index (χ3n) is 10.5. The quantitative estimate of drug-likeness (QED) is 0.192. The summed E-state index contributed by atoms with van der Waals surface area (Å²) < 4.78 is 13.3. The lowest BCUT2D eigenvalue weighted by molar-refractivity contribution is 0.475. The highest BCUT2D eigenvalue weighted by molar-refractivity contribution is 6.14. The third kappa shape index (κ3) is 4.15. The van der Waals surface area contributed by atoms with Crippen LogP contribution in [0.25, 0.3) is 88.0 Å². The molecule has 0 N–H and O–H groups in total. The van der Waals surface area contributed by atoms with Gasteiger partial charge in [-0.15, -0.1) is 0 Å². The van der Waals surface area contributed by atoms with Crippen molar-refractivity contribution in [3.05, 3.63) is 170 Å². The Kier molecular flexibility index (Phi) is 5.70. The molecule has 2 aliphatic heterocycles. The molecule has 0 bridgehead atoms. The number of ether oxygens (including phenoxy) is 2. The molecular formula is C48H28O2. The summed E-state index contributed by atoms with van der Waals surface area (Å²) in [6.45, 7) is 0. The predicted octanol–water partition coefficient (Wildman–Crippen LogP) is 13.7. The van der Waals surface area contributed by atoms with Crippen molar-refractivity contribution in [1.82, 2.24) is 0 Å². The maximum Gasteiger partial charge on any atom is 0.136 e. The summed E-state index contributed by atoms with van der Waals surface area (Å²) in [6.07, 6.45) is 0. The van der Waals surface area contributed by atoms with E-state index < -0.39 is 0 Å². The summed E-state index contributed by atoms with van der Waals surface area (Å²) in [5, 5.41) is 7.19. The zero-order valence-electron chi connectivity index (χ0n) is 27.0. The molecule has 0 saturated carbocycles. The van der Waals surface area contributed by atoms with Gasteiger partial charge in [0.1, 0.15) is 23.0 Å². The van der Waals surface area contributed by atoms with E-state index in [4.69, 9.17) is 9.47 Å². The first-order valence-electron chi connectivity index (χ1n) is 17.1. The van der Waals surface area contributed by atoms with Crippen LogP contribution in [0.15, 0.2) is 170 Å². The first-order chi connectivity index (χ1) is 24.7. The second-order valence-electron chi connectivity index (χ2n) is 13.3. The van der Waals surface area contributed by atoms with Crippen molar-refractivity contribution < 1.29 is 9.47 Å². The summed E-state index contributed by atoms with van der Waals surface area (Å²) in [7, 11) is 0. The van der Waals surface area contributed by atoms with Crippen molar-refractivity contribution in [2.45, 2.75) is 0 Å². The Hall–Kier alpha value is -6.64. The number of fused-ring (bicyclic) bond motifs is 6. The Balaban J connectivity index is 0.944. The highest BCUT2D eigenvalue weighted by atomic mass is 16.5. The standard InChI is InChI=1S/C48H28O2/c1-3-7-33-25-35(15-13-29(33)5-1)31-9-11-32(12-10-31)37-17-19-39-41-21-22-42-40-20-18-38(36-16-14-30-6-2-4-8-34(30)26-36)28-46(40)50-44-24-23-43(47(41)48(42)44)49-45(39)27-37/h1-28H. The minimum Gasteiger partial charge on any atom is -0.456 e. The smallest absolute Gasteiger partial charge is 0.136 e. The van der Waals surface area contributed by atoms with Gasteiger partial charge in [0.05, 0.1) is 0 Å². The molecule has 0 saturated heterocycles. The van der Waals surface area contributed by atoms with Crippen LogP contribution >= 0.6 is 0 Å². The van der Waals surface area contributed by atoms with Crippen molar-refractivity contribution in [2.75, 3.05) is 0 Å². The topological polar surface area (TPSA) is 18.5 Å². The van der Waals surface area contributed by atoms with Crippen molar-refractivity contribution >= 4 is 32.3 Å². The highest BCUT2D eigenvalue weighted by Crippen LogP contribution is 2.55. The van der Waals surface area contributed by atoms with Crippen LogP contribution in [-0.2, 0) is 0 Å². The zero-order valence-corrected chi connectivity index (χ0v) is 27.0. The van der Waals surface area contributed by atoms with E-state index in [1.807, 2.05) is 0 Å². The molecule has 0 amide bonds. The molecule has 9 aromatic carbocycles. The summed E-state index contributed by atoms with van der Waals surface area (Å²) in [6, 6.07) is 60.8. The van der Waals surface area contributed by atoms with Crippen molar-refractivity contribution in [3.63, 3.8) is 0 Å². The minimum atomic E-state index is 0.858. The molecule has 232 valence electrons. The average Bonchev–Trinajstić information content (AvgIpc) is 3.18. The molecule has 0 fully saturated rings. The molecule has 0 unspecified atom stereocenters. The summed E-state index contributed by atoms with van der Waals surface area (Å²) >= 11 is 0. The van der Waals surface area contributed by atoms with E-state index in [1.54, 1.807) is 0 Å². The van der Waals surface area contributed by atoms with E-state index >= 15 is 0 Å². The zero-order chi connectivity index (χ0) is 32.8. The molecule has 0 radical (unpaired) electrons. The SMILES string of the molecule is c1ccc2cc(-c3ccc(-c4ccc5c(c4)Oc4ccc6c7c(ccc-5c47)-c4ccc(-c5ccc7ccccc7c5)cc4O6)cc3)ccc2c1. The minimum absolute atomic E-state index is 0.858. The second kappa shape index (κ2) is 10.4. The monoisotopic (exact) mass is 636 g/mol. The van der Waals surface area contributed by atoms with Crippen LogP contribution in [0.5, 0.6) is 23.0 Å². The van der Waals surface area contributed by atoms with E-state index in [9.17, 15) is 0 Å². The lowest BCUT2D eigenvalue weighted by atomic mass is 9.87. The summed E-state index contributed by atoms with van der Waals surface area (Å²) in [4.78, 5) is 0. The molecule has 0 atom stereocenters. The summed E-state index contributed by atoms with van der Waals surface area (Å²) in [5.41, 5.74) is 11.5. The fourth-order valence-corrected chi connectivity index (χ4v) is 7.90. The van der Waals surface area contributed by atoms with Crippen LogP contribution in [0.3, 0.4) is 0 Å². The number of rotatable bonds is 3. The molecule has 2 heterocycles. The molecule has 0 aliphatic carbocycles. The maximum atomic E-state index is 6.67. The fourth-order valence-electron chi connectivity index (χ4n) is 7.90. The van der Waals surface area contributed by atoms with Crippen molar-refractivity contribution in [1.29, 1.82) is 0 Å². The molecule has 50 heavy (non-hydrogen) atoms. The van der Waals surface area contributed by atoms with E-state index in [1.165, 1.54) is 49.4 Å². The van der Waals surface area contributed by atoms with Gasteiger partial charge in [-0.2, -0.15) is 0 Å². The lowest BCUT2D eigenvalue weighted by Gasteiger charge is -2.27. The normalized spacial score (nSPS) is 12.3. The van der Waals surface area contributed by atoms with Crippen LogP contribution in [0.1, 0.15) is 0 Å². The highest BCUT2D eigenvalue weighted by Gasteiger charge is 2.28. The van der Waals surface area contributed by atoms with Crippen LogP contribution in [-0.4, -0.2) is 0 Å². The molecule has 9 aromatic rings. The maximum absolute atomic E-state index is 6.67. The Bertz CT molecular complexity index is 2860. The first kappa shape index (κ1) is 27.3. The molecule has 2 nitrogen and oxygen atoms in total. The van der Waals surface area contributed by atoms with Gasteiger partial charge >= 0.3 is 0 Å². The Morgan fingerprint density at radius 1 is 0.240 bits per heavy atom. The van der Waals surface area contributed by atoms with Gasteiger partial charge in [0, 0.05) is 21.9 Å². The predicted molar refractivity (Wildman–Crippen MR) is 206 cm³/mol. The van der Waals surface area contributed by atoms with Crippen LogP contribution in [0.4, 0.5) is 0 Å². The third-order valence-corrected chi connectivity index (χ3v) is 10.5. The van der Waals surface area contributed by atoms with Gasteiger partial charge in [0.15, 0.2) is 0 Å². The number of benzene rings is 9. The van der Waals surface area contributed by atoms with Gasteiger partial charge in [0.25, 0.3) is 0 Å². The van der Waals surface area contributed by atoms with E-state index in [0.29, 0.717) is 0 Å². The van der Waals surface area contributed by atoms with E-state index in [0.717, 1.165) is 61.6 Å². The van der Waals surface area contributed by atoms with Gasteiger partial charge in [0.2, 0.25) is 0 Å². The van der Waals surface area contributed by atoms with E-state index in [2.05, 4.69) is 170 Å². The fraction of sp³-hybridized carbons (Fsp3) is 0. The second-order valence-corrected chi connectivity index (χ2v) is 13.3. The van der Waals surface area contributed by atoms with Gasteiger partial charge in [-0.3, -0.25) is 0 Å². The number of hydrogen-bond acceptors (Lipinski definition) is 2. The van der Waals surface area contributed by atoms with Crippen LogP contribution < -0.4 is 9.47 Å². The lowest BCUT2D eigenvalue weighted by Crippen LogP contribution is -2.02. The van der Waals surface area contributed by atoms with Gasteiger partial charge < -0.3 is 9.47 Å². The Morgan fingerprint density at radius 2 is 0.600 bits per heavy atom. The van der Waals surface area contributed by atoms with Gasteiger partial charge in [-0.05, 0) is 115 Å². The molecular weight excluding hydrogens is 609 g/mol. The first-order valence-corrected chi connectivity index (χ1v) is 17.1. The van der Waals surface area contributed by atoms with Crippen LogP contribution in [0, 0.1) is 0 Å². The van der Waals surface area contributed by atoms with Crippen LogP contribution in [0.2, 0.25) is 0 Å². The molecule has 2 heteroatoms. The van der Waals surface area contributed by atoms with E-state index in [-0.39, 0.29) is 0 Å². The van der Waals surface area contributed by atoms with Gasteiger partial charge in [-0.1, -0.05) is 121 Å². The number of hydrogen-bond donors (Lipinski definition) is 0. The molecule has 11 rings (SSSR count). The average molecular weight is 637 g/mol. The molecule has 2 aliphatic rings. The largest absolute Gasteiger partial charge is 0.456 e.